The van der Waals surface area contributed by atoms with Crippen molar-refractivity contribution in [1.82, 2.24) is 0 Å². The van der Waals surface area contributed by atoms with E-state index < -0.39 is 5.79 Å². The first-order chi connectivity index (χ1) is 13.2. The number of carbonyl (C=O) groups is 2. The van der Waals surface area contributed by atoms with Crippen molar-refractivity contribution in [2.24, 2.45) is 5.41 Å². The zero-order valence-corrected chi connectivity index (χ0v) is 17.2. The van der Waals surface area contributed by atoms with Crippen LogP contribution in [0.15, 0.2) is 29.8 Å². The van der Waals surface area contributed by atoms with Crippen molar-refractivity contribution in [3.8, 4) is 0 Å². The summed E-state index contributed by atoms with van der Waals surface area (Å²) in [5.74, 6) is -0.621. The SMILES string of the molecule is COC(CC(=O)CCC1=Cc2ccccc2C1=O)CC1(C)OCC(C)(C)CO1. The van der Waals surface area contributed by atoms with E-state index in [4.69, 9.17) is 14.2 Å². The Bertz CT molecular complexity index is 767. The fourth-order valence-corrected chi connectivity index (χ4v) is 3.62. The van der Waals surface area contributed by atoms with Crippen LogP contribution in [0.4, 0.5) is 0 Å². The lowest BCUT2D eigenvalue weighted by molar-refractivity contribution is -0.299. The van der Waals surface area contributed by atoms with Crippen molar-refractivity contribution in [3.63, 3.8) is 0 Å². The van der Waals surface area contributed by atoms with Gasteiger partial charge in [-0.05, 0) is 25.0 Å². The summed E-state index contributed by atoms with van der Waals surface area (Å²) in [6, 6.07) is 7.53. The minimum absolute atomic E-state index is 0.00296. The molecule has 1 heterocycles. The highest BCUT2D eigenvalue weighted by molar-refractivity contribution is 6.17. The van der Waals surface area contributed by atoms with Crippen molar-refractivity contribution in [3.05, 3.63) is 41.0 Å². The van der Waals surface area contributed by atoms with Crippen molar-refractivity contribution in [2.75, 3.05) is 20.3 Å². The fourth-order valence-electron chi connectivity index (χ4n) is 3.62. The van der Waals surface area contributed by atoms with Crippen molar-refractivity contribution < 1.29 is 23.8 Å². The van der Waals surface area contributed by atoms with Gasteiger partial charge in [0.05, 0.1) is 19.3 Å². The summed E-state index contributed by atoms with van der Waals surface area (Å²) in [5, 5.41) is 0. The summed E-state index contributed by atoms with van der Waals surface area (Å²) in [4.78, 5) is 24.9. The molecular weight excluding hydrogens is 356 g/mol. The fraction of sp³-hybridized carbons (Fsp3) is 0.565. The van der Waals surface area contributed by atoms with E-state index in [0.29, 0.717) is 38.0 Å². The lowest BCUT2D eigenvalue weighted by atomic mass is 9.93. The Kier molecular flexibility index (Phi) is 6.18. The molecule has 0 radical (unpaired) electrons. The summed E-state index contributed by atoms with van der Waals surface area (Å²) >= 11 is 0. The van der Waals surface area contributed by atoms with Crippen LogP contribution in [0.5, 0.6) is 0 Å². The number of fused-ring (bicyclic) bond motifs is 1. The van der Waals surface area contributed by atoms with E-state index in [9.17, 15) is 9.59 Å². The van der Waals surface area contributed by atoms with Gasteiger partial charge in [0.2, 0.25) is 0 Å². The highest BCUT2D eigenvalue weighted by Gasteiger charge is 2.39. The standard InChI is InChI=1S/C23H30O5/c1-22(2)14-27-23(3,28-15-22)13-19(26-4)12-18(24)10-9-17-11-16-7-5-6-8-20(16)21(17)25/h5-8,11,19H,9-10,12-15H2,1-4H3. The molecule has 0 bridgehead atoms. The molecule has 0 N–H and O–H groups in total. The van der Waals surface area contributed by atoms with E-state index in [2.05, 4.69) is 13.8 Å². The van der Waals surface area contributed by atoms with E-state index in [1.807, 2.05) is 37.3 Å². The van der Waals surface area contributed by atoms with Gasteiger partial charge in [-0.3, -0.25) is 9.59 Å². The number of Topliss-reactive ketones (excluding diaryl/α,β-unsaturated/α-hetero) is 2. The zero-order chi connectivity index (χ0) is 20.4. The molecule has 0 saturated carbocycles. The normalized spacial score (nSPS) is 21.1. The second kappa shape index (κ2) is 8.27. The number of ketones is 2. The van der Waals surface area contributed by atoms with Crippen LogP contribution in [0, 0.1) is 5.41 Å². The van der Waals surface area contributed by atoms with Crippen LogP contribution in [0.25, 0.3) is 6.08 Å². The second-order valence-corrected chi connectivity index (χ2v) is 8.77. The Balaban J connectivity index is 1.49. The molecule has 5 nitrogen and oxygen atoms in total. The predicted octanol–water partition coefficient (Wildman–Crippen LogP) is 4.20. The van der Waals surface area contributed by atoms with Crippen LogP contribution in [0.2, 0.25) is 0 Å². The molecule has 1 aromatic carbocycles. The maximum Gasteiger partial charge on any atom is 0.189 e. The third-order valence-electron chi connectivity index (χ3n) is 5.42. The molecule has 1 aliphatic heterocycles. The van der Waals surface area contributed by atoms with Crippen LogP contribution < -0.4 is 0 Å². The quantitative estimate of drug-likeness (QED) is 0.670. The van der Waals surface area contributed by atoms with Crippen LogP contribution in [-0.2, 0) is 19.0 Å². The molecular formula is C23H30O5. The van der Waals surface area contributed by atoms with E-state index in [-0.39, 0.29) is 29.5 Å². The van der Waals surface area contributed by atoms with Gasteiger partial charge in [-0.2, -0.15) is 0 Å². The minimum atomic E-state index is -0.734. The van der Waals surface area contributed by atoms with E-state index >= 15 is 0 Å². The third-order valence-corrected chi connectivity index (χ3v) is 5.42. The van der Waals surface area contributed by atoms with Crippen LogP contribution >= 0.6 is 0 Å². The van der Waals surface area contributed by atoms with Gasteiger partial charge in [-0.1, -0.05) is 38.1 Å². The molecule has 1 unspecified atom stereocenters. The van der Waals surface area contributed by atoms with Gasteiger partial charge in [-0.15, -0.1) is 0 Å². The van der Waals surface area contributed by atoms with Gasteiger partial charge < -0.3 is 14.2 Å². The molecule has 0 spiro atoms. The molecule has 1 saturated heterocycles. The highest BCUT2D eigenvalue weighted by Crippen LogP contribution is 2.33. The Hall–Kier alpha value is -1.82. The smallest absolute Gasteiger partial charge is 0.189 e. The number of hydrogen-bond donors (Lipinski definition) is 0. The first kappa shape index (κ1) is 20.9. The van der Waals surface area contributed by atoms with Crippen LogP contribution in [-0.4, -0.2) is 43.8 Å². The van der Waals surface area contributed by atoms with Gasteiger partial charge in [0.15, 0.2) is 11.6 Å². The summed E-state index contributed by atoms with van der Waals surface area (Å²) in [6.07, 6.45) is 3.20. The first-order valence-corrected chi connectivity index (χ1v) is 9.88. The molecule has 0 amide bonds. The Labute approximate surface area is 167 Å². The lowest BCUT2D eigenvalue weighted by Gasteiger charge is -2.42. The number of ether oxygens (including phenoxy) is 3. The molecule has 1 aromatic rings. The maximum atomic E-state index is 12.5. The zero-order valence-electron chi connectivity index (χ0n) is 17.2. The van der Waals surface area contributed by atoms with Crippen molar-refractivity contribution in [1.29, 1.82) is 0 Å². The Morgan fingerprint density at radius 1 is 1.18 bits per heavy atom. The predicted molar refractivity (Wildman–Crippen MR) is 107 cm³/mol. The van der Waals surface area contributed by atoms with Gasteiger partial charge in [0.25, 0.3) is 0 Å². The molecule has 28 heavy (non-hydrogen) atoms. The molecule has 1 fully saturated rings. The molecule has 1 atom stereocenters. The molecule has 2 aliphatic rings. The van der Waals surface area contributed by atoms with Gasteiger partial charge in [0.1, 0.15) is 5.78 Å². The summed E-state index contributed by atoms with van der Waals surface area (Å²) in [6.45, 7) is 7.33. The molecule has 3 rings (SSSR count). The Morgan fingerprint density at radius 2 is 1.86 bits per heavy atom. The van der Waals surface area contributed by atoms with Crippen molar-refractivity contribution in [2.45, 2.75) is 58.3 Å². The molecule has 0 aromatic heterocycles. The summed E-state index contributed by atoms with van der Waals surface area (Å²) in [5.41, 5.74) is 2.36. The summed E-state index contributed by atoms with van der Waals surface area (Å²) < 4.78 is 17.4. The van der Waals surface area contributed by atoms with Crippen molar-refractivity contribution >= 4 is 17.6 Å². The number of benzene rings is 1. The largest absolute Gasteiger partial charge is 0.381 e. The highest BCUT2D eigenvalue weighted by atomic mass is 16.7. The van der Waals surface area contributed by atoms with E-state index in [1.54, 1.807) is 7.11 Å². The first-order valence-electron chi connectivity index (χ1n) is 9.88. The Morgan fingerprint density at radius 3 is 2.50 bits per heavy atom. The maximum absolute atomic E-state index is 12.5. The van der Waals surface area contributed by atoms with Gasteiger partial charge >= 0.3 is 0 Å². The molecule has 5 heteroatoms. The van der Waals surface area contributed by atoms with Gasteiger partial charge in [-0.25, -0.2) is 0 Å². The number of allylic oxidation sites excluding steroid dienone is 1. The topological polar surface area (TPSA) is 61.8 Å². The third kappa shape index (κ3) is 4.96. The number of carbonyl (C=O) groups excluding carboxylic acids is 2. The van der Waals surface area contributed by atoms with E-state index in [1.165, 1.54) is 0 Å². The monoisotopic (exact) mass is 386 g/mol. The average molecular weight is 386 g/mol. The number of rotatable bonds is 8. The van der Waals surface area contributed by atoms with Crippen LogP contribution in [0.3, 0.4) is 0 Å². The minimum Gasteiger partial charge on any atom is -0.381 e. The second-order valence-electron chi connectivity index (χ2n) is 8.77. The number of methoxy groups -OCH3 is 1. The van der Waals surface area contributed by atoms with Gasteiger partial charge in [0, 0.05) is 42.9 Å². The van der Waals surface area contributed by atoms with E-state index in [0.717, 1.165) is 11.1 Å². The molecule has 152 valence electrons. The van der Waals surface area contributed by atoms with Crippen LogP contribution in [0.1, 0.15) is 62.4 Å². The summed E-state index contributed by atoms with van der Waals surface area (Å²) in [7, 11) is 1.60. The molecule has 1 aliphatic carbocycles. The number of hydrogen-bond acceptors (Lipinski definition) is 5. The average Bonchev–Trinajstić information content (AvgIpc) is 2.99. The lowest BCUT2D eigenvalue weighted by Crippen LogP contribution is -2.47.